The minimum Gasteiger partial charge on any atom is -0.347 e. The molecule has 1 heterocycles. The van der Waals surface area contributed by atoms with Gasteiger partial charge in [-0.1, -0.05) is 24.3 Å². The van der Waals surface area contributed by atoms with Crippen molar-refractivity contribution in [1.82, 2.24) is 15.3 Å². The van der Waals surface area contributed by atoms with Gasteiger partial charge in [-0.2, -0.15) is 0 Å². The lowest BCUT2D eigenvalue weighted by atomic mass is 10.1. The van der Waals surface area contributed by atoms with Crippen LogP contribution in [0.3, 0.4) is 0 Å². The van der Waals surface area contributed by atoms with Gasteiger partial charge in [0.2, 0.25) is 0 Å². The lowest BCUT2D eigenvalue weighted by Crippen LogP contribution is -2.24. The molecule has 0 bridgehead atoms. The van der Waals surface area contributed by atoms with E-state index in [1.54, 1.807) is 12.1 Å². The predicted molar refractivity (Wildman–Crippen MR) is 98.8 cm³/mol. The summed E-state index contributed by atoms with van der Waals surface area (Å²) in [5.74, 6) is -0.0771. The molecular formula is C20H19FN4O. The molecule has 0 aliphatic rings. The first-order chi connectivity index (χ1) is 12.5. The molecule has 0 aliphatic heterocycles. The molecule has 6 heteroatoms. The largest absolute Gasteiger partial charge is 0.347 e. The number of halogens is 1. The Morgan fingerprint density at radius 2 is 1.81 bits per heavy atom. The number of aryl methyl sites for hydroxylation is 2. The number of anilines is 2. The number of nitrogens with one attached hydrogen (secondary N) is 2. The van der Waals surface area contributed by atoms with Crippen molar-refractivity contribution < 1.29 is 9.18 Å². The highest BCUT2D eigenvalue weighted by molar-refractivity contribution is 5.92. The average Bonchev–Trinajstić information content (AvgIpc) is 2.64. The molecule has 0 radical (unpaired) electrons. The highest BCUT2D eigenvalue weighted by atomic mass is 19.1. The average molecular weight is 350 g/mol. The second-order valence-electron chi connectivity index (χ2n) is 6.04. The van der Waals surface area contributed by atoms with Gasteiger partial charge >= 0.3 is 0 Å². The molecule has 1 aromatic heterocycles. The first-order valence-electron chi connectivity index (χ1n) is 8.20. The number of hydrogen-bond acceptors (Lipinski definition) is 4. The van der Waals surface area contributed by atoms with Crippen LogP contribution in [0.2, 0.25) is 0 Å². The summed E-state index contributed by atoms with van der Waals surface area (Å²) in [7, 11) is 0. The zero-order valence-electron chi connectivity index (χ0n) is 14.6. The number of nitrogens with zero attached hydrogens (tertiary/aromatic N) is 2. The van der Waals surface area contributed by atoms with Gasteiger partial charge in [-0.05, 0) is 48.7 Å². The number of rotatable bonds is 5. The molecule has 0 aliphatic carbocycles. The number of hydrogen-bond donors (Lipinski definition) is 2. The maximum Gasteiger partial charge on any atom is 0.271 e. The SMILES string of the molecule is Cc1ccc(C)c(Nc2cnc(C(=O)NCc3ccc(F)cc3)cn2)c1. The van der Waals surface area contributed by atoms with Crippen LogP contribution in [-0.4, -0.2) is 15.9 Å². The van der Waals surface area contributed by atoms with Crippen LogP contribution in [0.1, 0.15) is 27.2 Å². The van der Waals surface area contributed by atoms with Crippen LogP contribution in [0, 0.1) is 19.7 Å². The van der Waals surface area contributed by atoms with Crippen LogP contribution in [-0.2, 0) is 6.54 Å². The predicted octanol–water partition coefficient (Wildman–Crippen LogP) is 3.91. The van der Waals surface area contributed by atoms with Crippen molar-refractivity contribution in [2.75, 3.05) is 5.32 Å². The van der Waals surface area contributed by atoms with E-state index >= 15 is 0 Å². The van der Waals surface area contributed by atoms with Crippen LogP contribution in [0.5, 0.6) is 0 Å². The maximum atomic E-state index is 12.9. The second-order valence-corrected chi connectivity index (χ2v) is 6.04. The number of amides is 1. The van der Waals surface area contributed by atoms with Crippen molar-refractivity contribution in [3.8, 4) is 0 Å². The second kappa shape index (κ2) is 7.74. The number of aromatic nitrogens is 2. The van der Waals surface area contributed by atoms with Crippen LogP contribution in [0.4, 0.5) is 15.9 Å². The van der Waals surface area contributed by atoms with Gasteiger partial charge < -0.3 is 10.6 Å². The van der Waals surface area contributed by atoms with E-state index in [0.717, 1.165) is 22.4 Å². The van der Waals surface area contributed by atoms with Gasteiger partial charge in [0.15, 0.2) is 0 Å². The van der Waals surface area contributed by atoms with Gasteiger partial charge in [-0.25, -0.2) is 14.4 Å². The van der Waals surface area contributed by atoms with Gasteiger partial charge in [0, 0.05) is 12.2 Å². The summed E-state index contributed by atoms with van der Waals surface area (Å²) in [5.41, 5.74) is 4.22. The summed E-state index contributed by atoms with van der Waals surface area (Å²) in [6.07, 6.45) is 2.95. The quantitative estimate of drug-likeness (QED) is 0.732. The van der Waals surface area contributed by atoms with Gasteiger partial charge in [-0.3, -0.25) is 4.79 Å². The van der Waals surface area contributed by atoms with Gasteiger partial charge in [0.05, 0.1) is 12.4 Å². The molecule has 5 nitrogen and oxygen atoms in total. The van der Waals surface area contributed by atoms with Crippen LogP contribution < -0.4 is 10.6 Å². The van der Waals surface area contributed by atoms with Crippen molar-refractivity contribution in [2.24, 2.45) is 0 Å². The number of benzene rings is 2. The molecule has 0 unspecified atom stereocenters. The van der Waals surface area contributed by atoms with Crippen LogP contribution >= 0.6 is 0 Å². The molecular weight excluding hydrogens is 331 g/mol. The zero-order valence-corrected chi connectivity index (χ0v) is 14.6. The van der Waals surface area contributed by atoms with E-state index in [9.17, 15) is 9.18 Å². The molecule has 132 valence electrons. The minimum atomic E-state index is -0.333. The van der Waals surface area contributed by atoms with E-state index in [1.165, 1.54) is 24.5 Å². The molecule has 1 amide bonds. The fraction of sp³-hybridized carbons (Fsp3) is 0.150. The van der Waals surface area contributed by atoms with Gasteiger partial charge in [0.1, 0.15) is 17.3 Å². The third kappa shape index (κ3) is 4.42. The Morgan fingerprint density at radius 1 is 1.04 bits per heavy atom. The zero-order chi connectivity index (χ0) is 18.5. The maximum absolute atomic E-state index is 12.9. The van der Waals surface area contributed by atoms with E-state index in [0.29, 0.717) is 12.4 Å². The summed E-state index contributed by atoms with van der Waals surface area (Å²) < 4.78 is 12.9. The van der Waals surface area contributed by atoms with Gasteiger partial charge in [-0.15, -0.1) is 0 Å². The summed E-state index contributed by atoms with van der Waals surface area (Å²) in [4.78, 5) is 20.5. The minimum absolute atomic E-state index is 0.221. The first-order valence-corrected chi connectivity index (χ1v) is 8.20. The molecule has 2 aromatic carbocycles. The standard InChI is InChI=1S/C20H19FN4O/c1-13-3-4-14(2)17(9-13)25-19-12-22-18(11-23-19)20(26)24-10-15-5-7-16(21)8-6-15/h3-9,11-12H,10H2,1-2H3,(H,23,25)(H,24,26). The van der Waals surface area contributed by atoms with E-state index in [1.807, 2.05) is 32.0 Å². The molecule has 0 saturated carbocycles. The molecule has 0 spiro atoms. The summed E-state index contributed by atoms with van der Waals surface area (Å²) in [6.45, 7) is 4.32. The smallest absolute Gasteiger partial charge is 0.271 e. The summed E-state index contributed by atoms with van der Waals surface area (Å²) in [5, 5.41) is 5.94. The Bertz CT molecular complexity index is 908. The van der Waals surface area contributed by atoms with Crippen molar-refractivity contribution in [1.29, 1.82) is 0 Å². The Labute approximate surface area is 151 Å². The third-order valence-electron chi connectivity index (χ3n) is 3.91. The first kappa shape index (κ1) is 17.5. The summed E-state index contributed by atoms with van der Waals surface area (Å²) >= 11 is 0. The normalized spacial score (nSPS) is 10.4. The molecule has 2 N–H and O–H groups in total. The van der Waals surface area contributed by atoms with Crippen molar-refractivity contribution in [3.63, 3.8) is 0 Å². The van der Waals surface area contributed by atoms with Crippen LogP contribution in [0.15, 0.2) is 54.9 Å². The molecule has 0 fully saturated rings. The molecule has 0 atom stereocenters. The molecule has 26 heavy (non-hydrogen) atoms. The van der Waals surface area contributed by atoms with Crippen molar-refractivity contribution >= 4 is 17.4 Å². The third-order valence-corrected chi connectivity index (χ3v) is 3.91. The van der Waals surface area contributed by atoms with Crippen LogP contribution in [0.25, 0.3) is 0 Å². The van der Waals surface area contributed by atoms with E-state index in [2.05, 4.69) is 20.6 Å². The van der Waals surface area contributed by atoms with E-state index < -0.39 is 0 Å². The molecule has 3 aromatic rings. The van der Waals surface area contributed by atoms with E-state index in [-0.39, 0.29) is 17.4 Å². The molecule has 0 saturated heterocycles. The van der Waals surface area contributed by atoms with Crippen molar-refractivity contribution in [3.05, 3.63) is 83.1 Å². The Morgan fingerprint density at radius 3 is 2.50 bits per heavy atom. The topological polar surface area (TPSA) is 66.9 Å². The highest BCUT2D eigenvalue weighted by Crippen LogP contribution is 2.20. The number of carbonyl (C=O) groups is 1. The monoisotopic (exact) mass is 350 g/mol. The Balaban J connectivity index is 1.62. The molecule has 3 rings (SSSR count). The Hall–Kier alpha value is -3.28. The number of carbonyl (C=O) groups excluding carboxylic acids is 1. The fourth-order valence-electron chi connectivity index (χ4n) is 2.39. The Kier molecular flexibility index (Phi) is 5.22. The van der Waals surface area contributed by atoms with Gasteiger partial charge in [0.25, 0.3) is 5.91 Å². The lowest BCUT2D eigenvalue weighted by molar-refractivity contribution is 0.0945. The highest BCUT2D eigenvalue weighted by Gasteiger charge is 2.08. The fourth-order valence-corrected chi connectivity index (χ4v) is 2.39. The van der Waals surface area contributed by atoms with E-state index in [4.69, 9.17) is 0 Å². The lowest BCUT2D eigenvalue weighted by Gasteiger charge is -2.10. The summed E-state index contributed by atoms with van der Waals surface area (Å²) in [6, 6.07) is 12.1. The van der Waals surface area contributed by atoms with Crippen molar-refractivity contribution in [2.45, 2.75) is 20.4 Å².